The Morgan fingerprint density at radius 3 is 2.64 bits per heavy atom. The number of hydrogen-bond donors (Lipinski definition) is 0. The lowest BCUT2D eigenvalue weighted by Gasteiger charge is -2.23. The largest absolute Gasteiger partial charge is 0.312 e. The first kappa shape index (κ1) is 16.7. The Kier molecular flexibility index (Phi) is 5.35. The molecule has 1 aromatic carbocycles. The van der Waals surface area contributed by atoms with Gasteiger partial charge < -0.3 is 4.90 Å². The fraction of sp³-hybridized carbons (Fsp3) is 0.444. The number of carbonyl (C=O) groups excluding carboxylic acids is 1. The number of benzene rings is 1. The summed E-state index contributed by atoms with van der Waals surface area (Å²) in [5.74, 6) is 0.520. The van der Waals surface area contributed by atoms with Gasteiger partial charge in [-0.25, -0.2) is 4.98 Å². The number of aromatic nitrogens is 1. The van der Waals surface area contributed by atoms with Crippen molar-refractivity contribution in [1.29, 1.82) is 0 Å². The molecule has 1 aromatic heterocycles. The van der Waals surface area contributed by atoms with E-state index < -0.39 is 0 Å². The first-order valence-electron chi connectivity index (χ1n) is 7.74. The Morgan fingerprint density at radius 1 is 1.32 bits per heavy atom. The van der Waals surface area contributed by atoms with E-state index in [1.54, 1.807) is 11.3 Å². The van der Waals surface area contributed by atoms with E-state index in [2.05, 4.69) is 44.0 Å². The molecule has 0 fully saturated rings. The fourth-order valence-corrected chi connectivity index (χ4v) is 3.25. The summed E-state index contributed by atoms with van der Waals surface area (Å²) in [6.45, 7) is 11.0. The van der Waals surface area contributed by atoms with Crippen molar-refractivity contribution in [2.24, 2.45) is 0 Å². The van der Waals surface area contributed by atoms with Crippen LogP contribution in [0.1, 0.15) is 48.5 Å². The number of nitrogens with zero attached hydrogens (tertiary/aromatic N) is 2. The quantitative estimate of drug-likeness (QED) is 0.815. The molecule has 0 unspecified atom stereocenters. The van der Waals surface area contributed by atoms with E-state index in [9.17, 15) is 4.79 Å². The van der Waals surface area contributed by atoms with Gasteiger partial charge in [0, 0.05) is 23.5 Å². The highest BCUT2D eigenvalue weighted by atomic mass is 32.1. The number of amides is 1. The van der Waals surface area contributed by atoms with Gasteiger partial charge in [-0.1, -0.05) is 26.0 Å². The molecule has 0 spiro atoms. The van der Waals surface area contributed by atoms with Crippen molar-refractivity contribution in [2.45, 2.75) is 47.0 Å². The van der Waals surface area contributed by atoms with Crippen molar-refractivity contribution in [3.63, 3.8) is 0 Å². The summed E-state index contributed by atoms with van der Waals surface area (Å²) in [7, 11) is 0. The molecular weight excluding hydrogens is 292 g/mol. The maximum absolute atomic E-state index is 12.7. The standard InChI is InChI=1S/C18H24N2OS/c1-6-20(16-9-13(4)7-8-14(16)5)17(21)10-15-11-22-18(19-15)12(2)3/h7-9,11-12H,6,10H2,1-5H3. The zero-order chi connectivity index (χ0) is 16.3. The molecule has 22 heavy (non-hydrogen) atoms. The van der Waals surface area contributed by atoms with Crippen LogP contribution in [0.5, 0.6) is 0 Å². The molecule has 0 saturated carbocycles. The van der Waals surface area contributed by atoms with Gasteiger partial charge in [0.25, 0.3) is 0 Å². The summed E-state index contributed by atoms with van der Waals surface area (Å²) in [5.41, 5.74) is 4.18. The second-order valence-corrected chi connectivity index (χ2v) is 6.83. The summed E-state index contributed by atoms with van der Waals surface area (Å²) < 4.78 is 0. The molecule has 118 valence electrons. The van der Waals surface area contributed by atoms with E-state index >= 15 is 0 Å². The third-order valence-corrected chi connectivity index (χ3v) is 4.86. The van der Waals surface area contributed by atoms with Gasteiger partial charge in [0.2, 0.25) is 5.91 Å². The van der Waals surface area contributed by atoms with Crippen LogP contribution in [0.2, 0.25) is 0 Å². The summed E-state index contributed by atoms with van der Waals surface area (Å²) in [5, 5.41) is 3.10. The first-order valence-corrected chi connectivity index (χ1v) is 8.62. The molecule has 0 aliphatic carbocycles. The summed E-state index contributed by atoms with van der Waals surface area (Å²) in [6, 6.07) is 6.23. The first-order chi connectivity index (χ1) is 10.4. The lowest BCUT2D eigenvalue weighted by atomic mass is 10.1. The van der Waals surface area contributed by atoms with E-state index in [0.29, 0.717) is 18.9 Å². The maximum atomic E-state index is 12.7. The third-order valence-electron chi connectivity index (χ3n) is 3.67. The maximum Gasteiger partial charge on any atom is 0.233 e. The Hall–Kier alpha value is -1.68. The van der Waals surface area contributed by atoms with Crippen LogP contribution >= 0.6 is 11.3 Å². The Bertz CT molecular complexity index is 661. The van der Waals surface area contributed by atoms with Crippen LogP contribution < -0.4 is 4.90 Å². The number of hydrogen-bond acceptors (Lipinski definition) is 3. The molecule has 0 aliphatic heterocycles. The summed E-state index contributed by atoms with van der Waals surface area (Å²) in [4.78, 5) is 19.1. The average Bonchev–Trinajstić information content (AvgIpc) is 2.92. The SMILES string of the molecule is CCN(C(=O)Cc1csc(C(C)C)n1)c1cc(C)ccc1C. The second-order valence-electron chi connectivity index (χ2n) is 5.94. The Labute approximate surface area is 137 Å². The topological polar surface area (TPSA) is 33.2 Å². The Morgan fingerprint density at radius 2 is 2.05 bits per heavy atom. The van der Waals surface area contributed by atoms with E-state index in [-0.39, 0.29) is 5.91 Å². The molecule has 1 heterocycles. The molecule has 0 saturated heterocycles. The van der Waals surface area contributed by atoms with Gasteiger partial charge in [0.05, 0.1) is 17.1 Å². The highest BCUT2D eigenvalue weighted by molar-refractivity contribution is 7.09. The van der Waals surface area contributed by atoms with Crippen molar-refractivity contribution in [3.05, 3.63) is 45.4 Å². The molecule has 4 heteroatoms. The number of likely N-dealkylation sites (N-methyl/N-ethyl adjacent to an activating group) is 1. The third kappa shape index (κ3) is 3.74. The van der Waals surface area contributed by atoms with Gasteiger partial charge in [-0.3, -0.25) is 4.79 Å². The van der Waals surface area contributed by atoms with Crippen molar-refractivity contribution in [2.75, 3.05) is 11.4 Å². The van der Waals surface area contributed by atoms with Crippen LogP contribution in [-0.2, 0) is 11.2 Å². The van der Waals surface area contributed by atoms with Crippen molar-refractivity contribution >= 4 is 22.9 Å². The number of thiazole rings is 1. The normalized spacial score (nSPS) is 11.0. The molecule has 0 aliphatic rings. The fourth-order valence-electron chi connectivity index (χ4n) is 2.41. The van der Waals surface area contributed by atoms with Gasteiger partial charge >= 0.3 is 0 Å². The molecule has 0 N–H and O–H groups in total. The second kappa shape index (κ2) is 7.05. The van der Waals surface area contributed by atoms with Gasteiger partial charge in [-0.2, -0.15) is 0 Å². The molecular formula is C18H24N2OS. The summed E-state index contributed by atoms with van der Waals surface area (Å²) >= 11 is 1.64. The molecule has 3 nitrogen and oxygen atoms in total. The van der Waals surface area contributed by atoms with Gasteiger partial charge in [-0.15, -0.1) is 11.3 Å². The van der Waals surface area contributed by atoms with E-state index in [1.165, 1.54) is 5.56 Å². The Balaban J connectivity index is 2.19. The van der Waals surface area contributed by atoms with Crippen LogP contribution in [0.25, 0.3) is 0 Å². The smallest absolute Gasteiger partial charge is 0.233 e. The van der Waals surface area contributed by atoms with E-state index in [4.69, 9.17) is 0 Å². The number of anilines is 1. The number of carbonyl (C=O) groups is 1. The number of rotatable bonds is 5. The van der Waals surface area contributed by atoms with Crippen molar-refractivity contribution in [3.8, 4) is 0 Å². The van der Waals surface area contributed by atoms with Crippen molar-refractivity contribution in [1.82, 2.24) is 4.98 Å². The average molecular weight is 316 g/mol. The van der Waals surface area contributed by atoms with Crippen LogP contribution in [0.15, 0.2) is 23.6 Å². The molecule has 0 bridgehead atoms. The van der Waals surface area contributed by atoms with Gasteiger partial charge in [0.1, 0.15) is 0 Å². The predicted molar refractivity (Wildman–Crippen MR) is 93.9 cm³/mol. The monoisotopic (exact) mass is 316 g/mol. The minimum absolute atomic E-state index is 0.108. The van der Waals surface area contributed by atoms with Crippen LogP contribution in [-0.4, -0.2) is 17.4 Å². The predicted octanol–water partition coefficient (Wildman–Crippen LogP) is 4.48. The zero-order valence-corrected chi connectivity index (χ0v) is 14.8. The lowest BCUT2D eigenvalue weighted by Crippen LogP contribution is -2.32. The van der Waals surface area contributed by atoms with Crippen LogP contribution in [0.3, 0.4) is 0 Å². The van der Waals surface area contributed by atoms with Gasteiger partial charge in [0.15, 0.2) is 0 Å². The highest BCUT2D eigenvalue weighted by Crippen LogP contribution is 2.24. The van der Waals surface area contributed by atoms with E-state index in [1.807, 2.05) is 24.1 Å². The van der Waals surface area contributed by atoms with Crippen molar-refractivity contribution < 1.29 is 4.79 Å². The molecule has 2 rings (SSSR count). The lowest BCUT2D eigenvalue weighted by molar-refractivity contribution is -0.118. The minimum atomic E-state index is 0.108. The molecule has 2 aromatic rings. The van der Waals surface area contributed by atoms with Gasteiger partial charge in [-0.05, 0) is 38.0 Å². The summed E-state index contributed by atoms with van der Waals surface area (Å²) in [6.07, 6.45) is 0.366. The van der Waals surface area contributed by atoms with Crippen LogP contribution in [0, 0.1) is 13.8 Å². The molecule has 0 radical (unpaired) electrons. The van der Waals surface area contributed by atoms with E-state index in [0.717, 1.165) is 22.0 Å². The zero-order valence-electron chi connectivity index (χ0n) is 14.0. The molecule has 1 amide bonds. The minimum Gasteiger partial charge on any atom is -0.312 e. The van der Waals surface area contributed by atoms with Crippen LogP contribution in [0.4, 0.5) is 5.69 Å². The highest BCUT2D eigenvalue weighted by Gasteiger charge is 2.18. The number of aryl methyl sites for hydroxylation is 2. The molecule has 0 atom stereocenters.